The number of hydrogen-bond donors (Lipinski definition) is 1. The summed E-state index contributed by atoms with van der Waals surface area (Å²) in [5, 5.41) is 14.0. The van der Waals surface area contributed by atoms with Gasteiger partial charge in [0.25, 0.3) is 0 Å². The third-order valence-corrected chi connectivity index (χ3v) is 4.69. The highest BCUT2D eigenvalue weighted by Crippen LogP contribution is 2.31. The van der Waals surface area contributed by atoms with Crippen LogP contribution in [0.3, 0.4) is 0 Å². The maximum Gasteiger partial charge on any atom is 0.147 e. The Balaban J connectivity index is 1.94. The van der Waals surface area contributed by atoms with E-state index in [-0.39, 0.29) is 0 Å². The van der Waals surface area contributed by atoms with Crippen LogP contribution in [-0.2, 0) is 6.42 Å². The van der Waals surface area contributed by atoms with E-state index in [1.807, 2.05) is 18.2 Å². The van der Waals surface area contributed by atoms with Crippen molar-refractivity contribution in [2.75, 3.05) is 20.2 Å². The van der Waals surface area contributed by atoms with Gasteiger partial charge in [0.1, 0.15) is 15.8 Å². The fraction of sp³-hybridized carbons (Fsp3) is 0.467. The lowest BCUT2D eigenvalue weighted by molar-refractivity contribution is 0.412. The van der Waals surface area contributed by atoms with Crippen molar-refractivity contribution >= 4 is 27.3 Å². The van der Waals surface area contributed by atoms with Crippen molar-refractivity contribution in [3.8, 4) is 16.3 Å². The lowest BCUT2D eigenvalue weighted by atomic mass is 10.2. The number of halogens is 1. The normalized spacial score (nSPS) is 10.8. The van der Waals surface area contributed by atoms with Gasteiger partial charge in [-0.1, -0.05) is 18.3 Å². The Morgan fingerprint density at radius 3 is 2.86 bits per heavy atom. The van der Waals surface area contributed by atoms with Crippen LogP contribution in [0.4, 0.5) is 0 Å². The number of aryl methyl sites for hydroxylation is 1. The van der Waals surface area contributed by atoms with Crippen LogP contribution in [0.25, 0.3) is 10.6 Å². The van der Waals surface area contributed by atoms with Crippen LogP contribution < -0.4 is 10.1 Å². The maximum absolute atomic E-state index is 5.24. The van der Waals surface area contributed by atoms with E-state index in [0.717, 1.165) is 51.7 Å². The van der Waals surface area contributed by atoms with E-state index in [1.54, 1.807) is 18.4 Å². The molecule has 1 aromatic heterocycles. The van der Waals surface area contributed by atoms with Gasteiger partial charge in [-0.25, -0.2) is 0 Å². The second kappa shape index (κ2) is 8.46. The van der Waals surface area contributed by atoms with Crippen molar-refractivity contribution in [2.45, 2.75) is 26.2 Å². The van der Waals surface area contributed by atoms with Crippen molar-refractivity contribution in [1.82, 2.24) is 15.5 Å². The molecule has 0 aliphatic rings. The summed E-state index contributed by atoms with van der Waals surface area (Å²) in [5.41, 5.74) is 1.07. The second-order valence-electron chi connectivity index (χ2n) is 4.70. The Hall–Kier alpha value is -0.980. The van der Waals surface area contributed by atoms with E-state index < -0.39 is 0 Å². The van der Waals surface area contributed by atoms with Gasteiger partial charge < -0.3 is 10.1 Å². The van der Waals surface area contributed by atoms with Crippen LogP contribution in [0.5, 0.6) is 5.75 Å². The van der Waals surface area contributed by atoms with Crippen molar-refractivity contribution in [1.29, 1.82) is 0 Å². The largest absolute Gasteiger partial charge is 0.496 e. The Kier molecular flexibility index (Phi) is 6.60. The minimum atomic E-state index is 0.825. The molecule has 0 amide bonds. The number of benzene rings is 1. The average Bonchev–Trinajstić information content (AvgIpc) is 2.96. The van der Waals surface area contributed by atoms with Gasteiger partial charge in [-0.2, -0.15) is 0 Å². The van der Waals surface area contributed by atoms with Crippen LogP contribution in [0.2, 0.25) is 0 Å². The Morgan fingerprint density at radius 2 is 2.14 bits per heavy atom. The molecular formula is C15H20BrN3OS. The van der Waals surface area contributed by atoms with Crippen molar-refractivity contribution in [3.05, 3.63) is 27.7 Å². The highest BCUT2D eigenvalue weighted by Gasteiger charge is 2.09. The zero-order valence-electron chi connectivity index (χ0n) is 12.4. The minimum absolute atomic E-state index is 0.825. The first-order valence-electron chi connectivity index (χ1n) is 7.11. The molecule has 0 atom stereocenters. The second-order valence-corrected chi connectivity index (χ2v) is 6.62. The SMILES string of the molecule is CCCNCCCc1nnc(-c2ccc(OC)c(Br)c2)s1. The van der Waals surface area contributed by atoms with E-state index in [0.29, 0.717) is 0 Å². The van der Waals surface area contributed by atoms with Crippen LogP contribution >= 0.6 is 27.3 Å². The van der Waals surface area contributed by atoms with E-state index >= 15 is 0 Å². The van der Waals surface area contributed by atoms with E-state index in [2.05, 4.69) is 38.4 Å². The fourth-order valence-corrected chi connectivity index (χ4v) is 3.36. The predicted molar refractivity (Wildman–Crippen MR) is 91.1 cm³/mol. The summed E-state index contributed by atoms with van der Waals surface area (Å²) in [4.78, 5) is 0. The van der Waals surface area contributed by atoms with Crippen molar-refractivity contribution < 1.29 is 4.74 Å². The van der Waals surface area contributed by atoms with Gasteiger partial charge in [0, 0.05) is 12.0 Å². The third kappa shape index (κ3) is 4.76. The van der Waals surface area contributed by atoms with E-state index in [4.69, 9.17) is 4.74 Å². The molecule has 1 heterocycles. The number of aromatic nitrogens is 2. The Morgan fingerprint density at radius 1 is 1.29 bits per heavy atom. The highest BCUT2D eigenvalue weighted by atomic mass is 79.9. The van der Waals surface area contributed by atoms with Crippen molar-refractivity contribution in [2.24, 2.45) is 0 Å². The molecule has 0 bridgehead atoms. The molecular weight excluding hydrogens is 350 g/mol. The monoisotopic (exact) mass is 369 g/mol. The molecule has 2 rings (SSSR count). The number of rotatable bonds is 8. The molecule has 114 valence electrons. The molecule has 1 aromatic carbocycles. The van der Waals surface area contributed by atoms with Crippen LogP contribution in [0, 0.1) is 0 Å². The standard InChI is InChI=1S/C15H20BrN3OS/c1-3-8-17-9-4-5-14-18-19-15(21-14)11-6-7-13(20-2)12(16)10-11/h6-7,10,17H,3-5,8-9H2,1-2H3. The van der Waals surface area contributed by atoms with Crippen molar-refractivity contribution in [3.63, 3.8) is 0 Å². The van der Waals surface area contributed by atoms with E-state index in [9.17, 15) is 0 Å². The van der Waals surface area contributed by atoms with Gasteiger partial charge in [0.15, 0.2) is 0 Å². The quantitative estimate of drug-likeness (QED) is 0.716. The zero-order valence-corrected chi connectivity index (χ0v) is 14.8. The maximum atomic E-state index is 5.24. The smallest absolute Gasteiger partial charge is 0.147 e. The number of methoxy groups -OCH3 is 1. The molecule has 0 saturated carbocycles. The van der Waals surface area contributed by atoms with Gasteiger partial charge in [-0.3, -0.25) is 0 Å². The molecule has 0 fully saturated rings. The molecule has 0 aliphatic heterocycles. The first-order chi connectivity index (χ1) is 10.2. The summed E-state index contributed by atoms with van der Waals surface area (Å²) in [6.45, 7) is 4.30. The Labute approximate surface area is 138 Å². The average molecular weight is 370 g/mol. The first-order valence-corrected chi connectivity index (χ1v) is 8.72. The van der Waals surface area contributed by atoms with Gasteiger partial charge in [-0.05, 0) is 60.1 Å². The van der Waals surface area contributed by atoms with Crippen LogP contribution in [0.15, 0.2) is 22.7 Å². The van der Waals surface area contributed by atoms with E-state index in [1.165, 1.54) is 6.42 Å². The summed E-state index contributed by atoms with van der Waals surface area (Å²) < 4.78 is 6.17. The lowest BCUT2D eigenvalue weighted by Gasteiger charge is -2.03. The number of nitrogens with one attached hydrogen (secondary N) is 1. The molecule has 0 aliphatic carbocycles. The van der Waals surface area contributed by atoms with Crippen LogP contribution in [0.1, 0.15) is 24.8 Å². The summed E-state index contributed by atoms with van der Waals surface area (Å²) in [5.74, 6) is 0.825. The zero-order chi connectivity index (χ0) is 15.1. The molecule has 0 saturated heterocycles. The molecule has 6 heteroatoms. The minimum Gasteiger partial charge on any atom is -0.496 e. The molecule has 1 N–H and O–H groups in total. The molecule has 4 nitrogen and oxygen atoms in total. The summed E-state index contributed by atoms with van der Waals surface area (Å²) in [6, 6.07) is 5.97. The predicted octanol–water partition coefficient (Wildman–Crippen LogP) is 3.91. The van der Waals surface area contributed by atoms with Gasteiger partial charge in [0.2, 0.25) is 0 Å². The fourth-order valence-electron chi connectivity index (χ4n) is 1.94. The molecule has 0 spiro atoms. The third-order valence-electron chi connectivity index (χ3n) is 3.04. The summed E-state index contributed by atoms with van der Waals surface area (Å²) >= 11 is 5.16. The molecule has 21 heavy (non-hydrogen) atoms. The van der Waals surface area contributed by atoms with Crippen LogP contribution in [-0.4, -0.2) is 30.4 Å². The first kappa shape index (κ1) is 16.4. The lowest BCUT2D eigenvalue weighted by Crippen LogP contribution is -2.16. The van der Waals surface area contributed by atoms with Gasteiger partial charge in [0.05, 0.1) is 11.6 Å². The molecule has 0 radical (unpaired) electrons. The Bertz CT molecular complexity index is 574. The highest BCUT2D eigenvalue weighted by molar-refractivity contribution is 9.10. The molecule has 0 unspecified atom stereocenters. The van der Waals surface area contributed by atoms with Gasteiger partial charge in [-0.15, -0.1) is 10.2 Å². The summed E-state index contributed by atoms with van der Waals surface area (Å²) in [7, 11) is 1.66. The molecule has 2 aromatic rings. The van der Waals surface area contributed by atoms with Gasteiger partial charge >= 0.3 is 0 Å². The number of ether oxygens (including phenoxy) is 1. The number of hydrogen-bond acceptors (Lipinski definition) is 5. The topological polar surface area (TPSA) is 47.0 Å². The number of nitrogens with zero attached hydrogens (tertiary/aromatic N) is 2. The summed E-state index contributed by atoms with van der Waals surface area (Å²) in [6.07, 6.45) is 3.25.